The van der Waals surface area contributed by atoms with Gasteiger partial charge >= 0.3 is 0 Å². The van der Waals surface area contributed by atoms with E-state index in [4.69, 9.17) is 0 Å². The van der Waals surface area contributed by atoms with Crippen LogP contribution in [0.15, 0.2) is 25.6 Å². The molecule has 1 unspecified atom stereocenters. The van der Waals surface area contributed by atoms with Crippen molar-refractivity contribution in [3.63, 3.8) is 0 Å². The van der Waals surface area contributed by atoms with Gasteiger partial charge < -0.3 is 5.32 Å². The lowest BCUT2D eigenvalue weighted by molar-refractivity contribution is 0.274. The van der Waals surface area contributed by atoms with Crippen LogP contribution in [-0.2, 0) is 0 Å². The van der Waals surface area contributed by atoms with Crippen molar-refractivity contribution in [3.05, 3.63) is 25.6 Å². The first-order valence-corrected chi connectivity index (χ1v) is 8.50. The molecular formula is C13H17Br3N2. The average molecular weight is 441 g/mol. The molecule has 2 nitrogen and oxygen atoms in total. The summed E-state index contributed by atoms with van der Waals surface area (Å²) in [6, 6.07) is 5.31. The highest BCUT2D eigenvalue weighted by molar-refractivity contribution is 9.11. The fourth-order valence-electron chi connectivity index (χ4n) is 2.26. The molecule has 0 aliphatic carbocycles. The second kappa shape index (κ2) is 6.25. The van der Waals surface area contributed by atoms with Gasteiger partial charge in [0.05, 0.1) is 5.69 Å². The quantitative estimate of drug-likeness (QED) is 0.721. The van der Waals surface area contributed by atoms with Crippen LogP contribution in [0, 0.1) is 0 Å². The van der Waals surface area contributed by atoms with Crippen LogP contribution in [0.3, 0.4) is 0 Å². The highest BCUT2D eigenvalue weighted by Crippen LogP contribution is 2.35. The smallest absolute Gasteiger partial charge is 0.0632 e. The minimum atomic E-state index is 0.529. The highest BCUT2D eigenvalue weighted by Gasteiger charge is 2.24. The van der Waals surface area contributed by atoms with E-state index in [1.165, 1.54) is 13.0 Å². The van der Waals surface area contributed by atoms with Gasteiger partial charge in [-0.15, -0.1) is 0 Å². The van der Waals surface area contributed by atoms with E-state index in [1.807, 2.05) is 0 Å². The molecule has 0 spiro atoms. The van der Waals surface area contributed by atoms with Crippen molar-refractivity contribution < 1.29 is 0 Å². The van der Waals surface area contributed by atoms with Crippen molar-refractivity contribution in [2.75, 3.05) is 18.4 Å². The molecule has 100 valence electrons. The number of hydrogen-bond acceptors (Lipinski definition) is 2. The van der Waals surface area contributed by atoms with E-state index in [-0.39, 0.29) is 0 Å². The van der Waals surface area contributed by atoms with Crippen LogP contribution in [0.25, 0.3) is 0 Å². The number of rotatable bonds is 3. The van der Waals surface area contributed by atoms with E-state index < -0.39 is 0 Å². The maximum absolute atomic E-state index is 3.63. The number of halogens is 3. The summed E-state index contributed by atoms with van der Waals surface area (Å²) in [7, 11) is 0. The maximum atomic E-state index is 3.63. The van der Waals surface area contributed by atoms with Gasteiger partial charge in [-0.25, -0.2) is 0 Å². The molecule has 1 heterocycles. The average Bonchev–Trinajstić information content (AvgIpc) is 2.71. The van der Waals surface area contributed by atoms with Crippen molar-refractivity contribution in [1.82, 2.24) is 4.90 Å². The van der Waals surface area contributed by atoms with Crippen molar-refractivity contribution >= 4 is 53.5 Å². The Kier molecular flexibility index (Phi) is 5.14. The fourth-order valence-corrected chi connectivity index (χ4v) is 4.75. The maximum Gasteiger partial charge on any atom is 0.0632 e. The van der Waals surface area contributed by atoms with E-state index >= 15 is 0 Å². The molecule has 1 aromatic carbocycles. The minimum absolute atomic E-state index is 0.529. The Labute approximate surface area is 134 Å². The Morgan fingerprint density at radius 2 is 1.83 bits per heavy atom. The zero-order valence-corrected chi connectivity index (χ0v) is 15.3. The van der Waals surface area contributed by atoms with Crippen molar-refractivity contribution in [1.29, 1.82) is 0 Å². The third-order valence-corrected chi connectivity index (χ3v) is 5.01. The molecular weight excluding hydrogens is 424 g/mol. The summed E-state index contributed by atoms with van der Waals surface area (Å²) in [5.74, 6) is 0. The Bertz CT molecular complexity index is 411. The third kappa shape index (κ3) is 3.50. The molecule has 2 rings (SSSR count). The molecule has 0 saturated carbocycles. The Hall–Kier alpha value is 0.420. The predicted octanol–water partition coefficient (Wildman–Crippen LogP) is 4.87. The van der Waals surface area contributed by atoms with E-state index in [1.54, 1.807) is 0 Å². The summed E-state index contributed by atoms with van der Waals surface area (Å²) >= 11 is 10.7. The summed E-state index contributed by atoms with van der Waals surface area (Å²) in [4.78, 5) is 2.51. The first kappa shape index (κ1) is 14.8. The Morgan fingerprint density at radius 3 is 2.33 bits per heavy atom. The first-order chi connectivity index (χ1) is 8.47. The highest BCUT2D eigenvalue weighted by atomic mass is 79.9. The van der Waals surface area contributed by atoms with Gasteiger partial charge in [-0.05, 0) is 64.3 Å². The fraction of sp³-hybridized carbons (Fsp3) is 0.538. The third-order valence-electron chi connectivity index (χ3n) is 3.31. The number of benzene rings is 1. The second-order valence-corrected chi connectivity index (χ2v) is 7.59. The summed E-state index contributed by atoms with van der Waals surface area (Å²) in [6.45, 7) is 6.81. The van der Waals surface area contributed by atoms with Gasteiger partial charge in [0, 0.05) is 38.6 Å². The first-order valence-electron chi connectivity index (χ1n) is 6.12. The minimum Gasteiger partial charge on any atom is -0.379 e. The van der Waals surface area contributed by atoms with Crippen LogP contribution >= 0.6 is 47.8 Å². The molecule has 18 heavy (non-hydrogen) atoms. The van der Waals surface area contributed by atoms with Gasteiger partial charge in [0.2, 0.25) is 0 Å². The predicted molar refractivity (Wildman–Crippen MR) is 88.3 cm³/mol. The van der Waals surface area contributed by atoms with E-state index in [9.17, 15) is 0 Å². The van der Waals surface area contributed by atoms with E-state index in [0.29, 0.717) is 12.1 Å². The van der Waals surface area contributed by atoms with Crippen LogP contribution < -0.4 is 5.32 Å². The summed E-state index contributed by atoms with van der Waals surface area (Å²) < 4.78 is 3.25. The topological polar surface area (TPSA) is 15.3 Å². The van der Waals surface area contributed by atoms with Crippen molar-refractivity contribution in [3.8, 4) is 0 Å². The largest absolute Gasteiger partial charge is 0.379 e. The molecule has 1 fully saturated rings. The van der Waals surface area contributed by atoms with Crippen LogP contribution in [0.4, 0.5) is 5.69 Å². The molecule has 0 aromatic heterocycles. The van der Waals surface area contributed by atoms with Crippen LogP contribution in [0.5, 0.6) is 0 Å². The van der Waals surface area contributed by atoms with Crippen molar-refractivity contribution in [2.24, 2.45) is 0 Å². The number of nitrogens with one attached hydrogen (secondary N) is 1. The number of anilines is 1. The lowest BCUT2D eigenvalue weighted by Gasteiger charge is -2.21. The summed E-state index contributed by atoms with van der Waals surface area (Å²) in [5.41, 5.74) is 1.15. The summed E-state index contributed by atoms with van der Waals surface area (Å²) in [5, 5.41) is 3.63. The molecule has 1 N–H and O–H groups in total. The SMILES string of the molecule is CC(C)N1CCC(Nc2c(Br)cc(Br)cc2Br)C1. The number of nitrogens with zero attached hydrogens (tertiary/aromatic N) is 1. The van der Waals surface area contributed by atoms with Crippen molar-refractivity contribution in [2.45, 2.75) is 32.4 Å². The monoisotopic (exact) mass is 438 g/mol. The van der Waals surface area contributed by atoms with Gasteiger partial charge in [-0.1, -0.05) is 15.9 Å². The Morgan fingerprint density at radius 1 is 1.22 bits per heavy atom. The van der Waals surface area contributed by atoms with Gasteiger partial charge in [-0.3, -0.25) is 4.90 Å². The lowest BCUT2D eigenvalue weighted by atomic mass is 10.2. The number of likely N-dealkylation sites (tertiary alicyclic amines) is 1. The molecule has 1 aromatic rings. The van der Waals surface area contributed by atoms with Crippen LogP contribution in [-0.4, -0.2) is 30.1 Å². The molecule has 0 radical (unpaired) electrons. The van der Waals surface area contributed by atoms with Gasteiger partial charge in [-0.2, -0.15) is 0 Å². The molecule has 0 bridgehead atoms. The van der Waals surface area contributed by atoms with Crippen LogP contribution in [0.2, 0.25) is 0 Å². The van der Waals surface area contributed by atoms with E-state index in [0.717, 1.165) is 25.7 Å². The van der Waals surface area contributed by atoms with Gasteiger partial charge in [0.15, 0.2) is 0 Å². The zero-order chi connectivity index (χ0) is 13.3. The molecule has 1 saturated heterocycles. The van der Waals surface area contributed by atoms with Crippen LogP contribution in [0.1, 0.15) is 20.3 Å². The normalized spacial score (nSPS) is 20.7. The lowest BCUT2D eigenvalue weighted by Crippen LogP contribution is -2.31. The summed E-state index contributed by atoms with van der Waals surface area (Å²) in [6.07, 6.45) is 1.20. The second-order valence-electron chi connectivity index (χ2n) is 4.96. The molecule has 5 heteroatoms. The zero-order valence-electron chi connectivity index (χ0n) is 10.5. The molecule has 1 aliphatic heterocycles. The standard InChI is InChI=1S/C13H17Br3N2/c1-8(2)18-4-3-10(7-18)17-13-11(15)5-9(14)6-12(13)16/h5-6,8,10,17H,3-4,7H2,1-2H3. The molecule has 1 atom stereocenters. The Balaban J connectivity index is 2.07. The van der Waals surface area contributed by atoms with Gasteiger partial charge in [0.1, 0.15) is 0 Å². The number of hydrogen-bond donors (Lipinski definition) is 1. The van der Waals surface area contributed by atoms with E-state index in [2.05, 4.69) is 84.0 Å². The molecule has 0 amide bonds. The molecule has 1 aliphatic rings. The van der Waals surface area contributed by atoms with Gasteiger partial charge in [0.25, 0.3) is 0 Å².